The van der Waals surface area contributed by atoms with Crippen LogP contribution in [0.4, 0.5) is 0 Å². The molecule has 1 fully saturated rings. The fraction of sp³-hybridized carbons (Fsp3) is 0.778. The van der Waals surface area contributed by atoms with Crippen molar-refractivity contribution in [3.8, 4) is 0 Å². The molecule has 6 nitrogen and oxygen atoms in total. The van der Waals surface area contributed by atoms with Crippen molar-refractivity contribution >= 4 is 28.4 Å². The molecule has 0 spiro atoms. The Bertz CT molecular complexity index is 781. The second kappa shape index (κ2) is 11.4. The number of amides is 1. The summed E-state index contributed by atoms with van der Waals surface area (Å²) in [7, 11) is -4.24. The number of rotatable bonds is 12. The number of esters is 1. The van der Waals surface area contributed by atoms with Crippen LogP contribution in [0.1, 0.15) is 55.4 Å². The molecule has 0 bridgehead atoms. The first-order chi connectivity index (χ1) is 15.7. The standard InChI is InChI=1S/C27H51NO5Si2/c1-15-17-31-25(30)20(4)32-18-21(16-2)23-22(19(3)33-35(13,14)27(8,9)10)24(29)28(23)34(11,12)26(5,6)7/h15-16,19-23H,1-2,17-18H2,3-14H3/t19-,20?,21+,22-,23+/m1/s1. The van der Waals surface area contributed by atoms with E-state index in [1.165, 1.54) is 6.08 Å². The SMILES string of the molecule is C=CCOC(=O)C(C)OC[C@H](C=C)[C@H]1[C@@H]([C@@H](C)O[Si](C)(C)C(C)(C)C)C(=O)N1[Si](C)(C)C(C)(C)C. The van der Waals surface area contributed by atoms with Gasteiger partial charge in [0.1, 0.15) is 6.61 Å². The molecule has 1 heterocycles. The summed E-state index contributed by atoms with van der Waals surface area (Å²) in [6, 6.07) is -0.0861. The minimum absolute atomic E-state index is 0.0102. The molecular weight excluding hydrogens is 474 g/mol. The van der Waals surface area contributed by atoms with Gasteiger partial charge in [0.25, 0.3) is 0 Å². The topological polar surface area (TPSA) is 65.1 Å². The Balaban J connectivity index is 3.26. The van der Waals surface area contributed by atoms with Gasteiger partial charge in [-0.05, 0) is 37.0 Å². The Labute approximate surface area is 216 Å². The Morgan fingerprint density at radius 1 is 1.06 bits per heavy atom. The number of hydrogen-bond acceptors (Lipinski definition) is 5. The van der Waals surface area contributed by atoms with Crippen LogP contribution in [-0.2, 0) is 23.5 Å². The molecule has 1 amide bonds. The highest BCUT2D eigenvalue weighted by atomic mass is 28.4. The van der Waals surface area contributed by atoms with Crippen LogP contribution in [0.25, 0.3) is 0 Å². The third-order valence-electron chi connectivity index (χ3n) is 8.37. The van der Waals surface area contributed by atoms with Crippen LogP contribution in [-0.4, -0.2) is 64.5 Å². The lowest BCUT2D eigenvalue weighted by atomic mass is 9.78. The van der Waals surface area contributed by atoms with E-state index in [0.29, 0.717) is 0 Å². The van der Waals surface area contributed by atoms with E-state index in [0.717, 1.165) is 0 Å². The van der Waals surface area contributed by atoms with Crippen LogP contribution in [0.2, 0.25) is 36.3 Å². The maximum Gasteiger partial charge on any atom is 0.335 e. The fourth-order valence-electron chi connectivity index (χ4n) is 4.08. The Morgan fingerprint density at radius 3 is 2.03 bits per heavy atom. The molecule has 0 aromatic carbocycles. The smallest absolute Gasteiger partial charge is 0.335 e. The molecule has 0 radical (unpaired) electrons. The molecule has 1 aliphatic rings. The molecule has 1 saturated heterocycles. The third kappa shape index (κ3) is 6.96. The van der Waals surface area contributed by atoms with E-state index in [1.807, 2.05) is 13.0 Å². The van der Waals surface area contributed by atoms with Gasteiger partial charge in [0.2, 0.25) is 5.91 Å². The summed E-state index contributed by atoms with van der Waals surface area (Å²) in [6.07, 6.45) is 2.47. The van der Waals surface area contributed by atoms with Crippen molar-refractivity contribution in [2.75, 3.05) is 13.2 Å². The molecule has 5 atom stereocenters. The van der Waals surface area contributed by atoms with Crippen molar-refractivity contribution in [2.45, 2.75) is 110 Å². The summed E-state index contributed by atoms with van der Waals surface area (Å²) in [6.45, 7) is 34.0. The normalized spacial score (nSPS) is 22.2. The van der Waals surface area contributed by atoms with Crippen molar-refractivity contribution in [1.82, 2.24) is 4.57 Å². The maximum absolute atomic E-state index is 13.8. The van der Waals surface area contributed by atoms with Crippen LogP contribution in [0.3, 0.4) is 0 Å². The lowest BCUT2D eigenvalue weighted by Gasteiger charge is -2.61. The molecule has 0 aromatic rings. The molecule has 0 saturated carbocycles. The van der Waals surface area contributed by atoms with Crippen molar-refractivity contribution in [2.24, 2.45) is 11.8 Å². The molecule has 35 heavy (non-hydrogen) atoms. The third-order valence-corrected chi connectivity index (χ3v) is 18.3. The zero-order chi connectivity index (χ0) is 27.6. The van der Waals surface area contributed by atoms with E-state index in [1.54, 1.807) is 6.92 Å². The number of carbonyl (C=O) groups is 2. The van der Waals surface area contributed by atoms with Crippen molar-refractivity contribution < 1.29 is 23.5 Å². The van der Waals surface area contributed by atoms with E-state index in [-0.39, 0.29) is 53.2 Å². The summed E-state index contributed by atoms with van der Waals surface area (Å²) in [4.78, 5) is 26.0. The highest BCUT2D eigenvalue weighted by molar-refractivity contribution is 6.80. The molecule has 1 rings (SSSR count). The molecule has 0 N–H and O–H groups in total. The van der Waals surface area contributed by atoms with Gasteiger partial charge in [-0.3, -0.25) is 4.79 Å². The first kappa shape index (κ1) is 31.8. The van der Waals surface area contributed by atoms with E-state index in [2.05, 4.69) is 85.5 Å². The van der Waals surface area contributed by atoms with Crippen LogP contribution in [0, 0.1) is 11.8 Å². The van der Waals surface area contributed by atoms with Crippen LogP contribution < -0.4 is 0 Å². The highest BCUT2D eigenvalue weighted by Crippen LogP contribution is 2.49. The van der Waals surface area contributed by atoms with Crippen molar-refractivity contribution in [3.05, 3.63) is 25.3 Å². The van der Waals surface area contributed by atoms with Gasteiger partial charge in [-0.25, -0.2) is 4.79 Å². The number of hydrogen-bond donors (Lipinski definition) is 0. The van der Waals surface area contributed by atoms with E-state index < -0.39 is 28.6 Å². The summed E-state index contributed by atoms with van der Waals surface area (Å²) < 4.78 is 19.9. The van der Waals surface area contributed by atoms with Gasteiger partial charge < -0.3 is 18.5 Å². The van der Waals surface area contributed by atoms with E-state index in [9.17, 15) is 9.59 Å². The van der Waals surface area contributed by atoms with Crippen LogP contribution in [0.5, 0.6) is 0 Å². The van der Waals surface area contributed by atoms with Gasteiger partial charge in [-0.2, -0.15) is 0 Å². The highest BCUT2D eigenvalue weighted by Gasteiger charge is 2.61. The maximum atomic E-state index is 13.8. The van der Waals surface area contributed by atoms with Gasteiger partial charge in [0.15, 0.2) is 22.7 Å². The summed E-state index contributed by atoms with van der Waals surface area (Å²) in [5, 5.41) is 0.0363. The molecule has 0 aromatic heterocycles. The fourth-order valence-corrected chi connectivity index (χ4v) is 8.03. The Kier molecular flexibility index (Phi) is 10.4. The second-order valence-electron chi connectivity index (χ2n) is 12.9. The lowest BCUT2D eigenvalue weighted by molar-refractivity contribution is -0.163. The number of nitrogens with zero attached hydrogens (tertiary/aromatic N) is 1. The van der Waals surface area contributed by atoms with E-state index >= 15 is 0 Å². The number of ether oxygens (including phenoxy) is 2. The van der Waals surface area contributed by atoms with Crippen LogP contribution >= 0.6 is 0 Å². The monoisotopic (exact) mass is 525 g/mol. The molecule has 202 valence electrons. The quantitative estimate of drug-likeness (QED) is 0.132. The zero-order valence-electron chi connectivity index (χ0n) is 24.4. The minimum atomic E-state index is -2.17. The second-order valence-corrected chi connectivity index (χ2v) is 22.8. The van der Waals surface area contributed by atoms with Gasteiger partial charge >= 0.3 is 5.97 Å². The number of β-lactam (4-membered cyclic amide) rings is 1. The molecule has 0 aliphatic carbocycles. The molecule has 1 aliphatic heterocycles. The summed E-state index contributed by atoms with van der Waals surface area (Å²) in [5.74, 6) is -0.664. The van der Waals surface area contributed by atoms with Crippen LogP contribution in [0.15, 0.2) is 25.3 Å². The van der Waals surface area contributed by atoms with Crippen molar-refractivity contribution in [3.63, 3.8) is 0 Å². The summed E-state index contributed by atoms with van der Waals surface area (Å²) >= 11 is 0. The largest absolute Gasteiger partial charge is 0.460 e. The van der Waals surface area contributed by atoms with Crippen molar-refractivity contribution in [1.29, 1.82) is 0 Å². The average molecular weight is 526 g/mol. The van der Waals surface area contributed by atoms with E-state index in [4.69, 9.17) is 13.9 Å². The van der Waals surface area contributed by atoms with Gasteiger partial charge in [-0.15, -0.1) is 6.58 Å². The Morgan fingerprint density at radius 2 is 1.60 bits per heavy atom. The minimum Gasteiger partial charge on any atom is -0.460 e. The molecule has 1 unspecified atom stereocenters. The molecular formula is C27H51NO5Si2. The van der Waals surface area contributed by atoms with Gasteiger partial charge in [0, 0.05) is 12.0 Å². The molecule has 8 heteroatoms. The first-order valence-electron chi connectivity index (χ1n) is 12.8. The Hall–Kier alpha value is -1.23. The average Bonchev–Trinajstić information content (AvgIpc) is 2.68. The lowest BCUT2D eigenvalue weighted by Crippen LogP contribution is -2.76. The van der Waals surface area contributed by atoms with Gasteiger partial charge in [-0.1, -0.05) is 73.4 Å². The predicted octanol–water partition coefficient (Wildman–Crippen LogP) is 6.17. The predicted molar refractivity (Wildman–Crippen MR) is 149 cm³/mol. The zero-order valence-corrected chi connectivity index (χ0v) is 26.4. The number of carbonyl (C=O) groups excluding carboxylic acids is 2. The first-order valence-corrected chi connectivity index (χ1v) is 18.6. The van der Waals surface area contributed by atoms with Gasteiger partial charge in [0.05, 0.1) is 18.6 Å². The summed E-state index contributed by atoms with van der Waals surface area (Å²) in [5.41, 5.74) is 0.